The number of hydrogen-bond donors (Lipinski definition) is 4. The number of ether oxygens (including phenoxy) is 3. The molecule has 5 rings (SSSR count). The number of aliphatic hydroxyl groups excluding tert-OH is 4. The molecule has 0 bridgehead atoms. The highest BCUT2D eigenvalue weighted by atomic mass is 16.7. The Morgan fingerprint density at radius 2 is 1.73 bits per heavy atom. The standard InChI is InChI=1S/C37H60O8/c1-22(11-9-15-34(4,5)43-8)23-13-16-36(7)31-26(44-32-30(42)29(41)28(40)27(20-38)45-32)19-25-24(12-10-14-33(25,2)3)37(31,21-39)18-17-35(23,36)6/h9,15,19,21-24,26-32,38,40-42H,10-14,16-18,20H2,1-8H3. The Balaban J connectivity index is 1.55. The van der Waals surface area contributed by atoms with E-state index in [0.717, 1.165) is 51.4 Å². The van der Waals surface area contributed by atoms with E-state index in [9.17, 15) is 25.2 Å². The number of aliphatic hydroxyl groups is 4. The van der Waals surface area contributed by atoms with Crippen molar-refractivity contribution in [2.75, 3.05) is 13.7 Å². The van der Waals surface area contributed by atoms with Gasteiger partial charge in [0.1, 0.15) is 30.7 Å². The van der Waals surface area contributed by atoms with Gasteiger partial charge in [-0.05, 0) is 92.8 Å². The minimum absolute atomic E-state index is 0.0409. The zero-order valence-corrected chi connectivity index (χ0v) is 28.9. The summed E-state index contributed by atoms with van der Waals surface area (Å²) in [6, 6.07) is 0. The normalized spacial score (nSPS) is 47.0. The lowest BCUT2D eigenvalue weighted by molar-refractivity contribution is -0.321. The van der Waals surface area contributed by atoms with Gasteiger partial charge in [-0.2, -0.15) is 0 Å². The first kappa shape index (κ1) is 35.2. The molecule has 1 heterocycles. The second-order valence-corrected chi connectivity index (χ2v) is 16.9. The Kier molecular flexibility index (Phi) is 9.69. The second-order valence-electron chi connectivity index (χ2n) is 16.9. The largest absolute Gasteiger partial charge is 0.394 e. The van der Waals surface area contributed by atoms with Crippen molar-refractivity contribution < 1.29 is 39.4 Å². The van der Waals surface area contributed by atoms with Crippen molar-refractivity contribution >= 4 is 6.29 Å². The molecule has 0 spiro atoms. The molecule has 4 N–H and O–H groups in total. The fourth-order valence-electron chi connectivity index (χ4n) is 10.8. The lowest BCUT2D eigenvalue weighted by atomic mass is 9.38. The van der Waals surface area contributed by atoms with Crippen LogP contribution in [0.2, 0.25) is 0 Å². The first-order valence-electron chi connectivity index (χ1n) is 17.4. The Bertz CT molecular complexity index is 1150. The number of methoxy groups -OCH3 is 1. The van der Waals surface area contributed by atoms with Crippen LogP contribution in [-0.4, -0.2) is 82.8 Å². The van der Waals surface area contributed by atoms with Crippen LogP contribution in [0, 0.1) is 45.3 Å². The first-order chi connectivity index (χ1) is 21.0. The molecule has 4 fully saturated rings. The van der Waals surface area contributed by atoms with Crippen LogP contribution < -0.4 is 0 Å². The number of carbonyl (C=O) groups is 1. The summed E-state index contributed by atoms with van der Waals surface area (Å²) in [6.45, 7) is 15.3. The van der Waals surface area contributed by atoms with E-state index in [-0.39, 0.29) is 33.7 Å². The first-order valence-corrected chi connectivity index (χ1v) is 17.4. The van der Waals surface area contributed by atoms with Gasteiger partial charge in [0.2, 0.25) is 0 Å². The maximum Gasteiger partial charge on any atom is 0.187 e. The van der Waals surface area contributed by atoms with E-state index in [2.05, 4.69) is 66.7 Å². The van der Waals surface area contributed by atoms with Crippen LogP contribution in [0.1, 0.15) is 99.8 Å². The quantitative estimate of drug-likeness (QED) is 0.208. The van der Waals surface area contributed by atoms with Crippen LogP contribution in [-0.2, 0) is 19.0 Å². The van der Waals surface area contributed by atoms with Crippen molar-refractivity contribution in [3.63, 3.8) is 0 Å². The molecule has 0 radical (unpaired) electrons. The summed E-state index contributed by atoms with van der Waals surface area (Å²) in [5.74, 6) is 0.882. The predicted molar refractivity (Wildman–Crippen MR) is 172 cm³/mol. The van der Waals surface area contributed by atoms with E-state index in [0.29, 0.717) is 11.8 Å². The van der Waals surface area contributed by atoms with E-state index in [1.165, 1.54) is 11.9 Å². The molecule has 1 aliphatic heterocycles. The molecule has 256 valence electrons. The zero-order chi connectivity index (χ0) is 33.2. The molecule has 45 heavy (non-hydrogen) atoms. The summed E-state index contributed by atoms with van der Waals surface area (Å²) in [4.78, 5) is 13.7. The van der Waals surface area contributed by atoms with Gasteiger partial charge in [-0.15, -0.1) is 0 Å². The van der Waals surface area contributed by atoms with Gasteiger partial charge >= 0.3 is 0 Å². The number of allylic oxidation sites excluding steroid dienone is 2. The molecule has 13 unspecified atom stereocenters. The summed E-state index contributed by atoms with van der Waals surface area (Å²) in [5, 5.41) is 42.0. The maximum absolute atomic E-state index is 13.7. The highest BCUT2D eigenvalue weighted by Crippen LogP contribution is 2.75. The van der Waals surface area contributed by atoms with Crippen molar-refractivity contribution in [2.45, 2.75) is 142 Å². The third kappa shape index (κ3) is 5.62. The van der Waals surface area contributed by atoms with Crippen molar-refractivity contribution in [2.24, 2.45) is 45.3 Å². The van der Waals surface area contributed by atoms with Crippen molar-refractivity contribution in [1.82, 2.24) is 0 Å². The highest BCUT2D eigenvalue weighted by Gasteiger charge is 2.71. The number of hydrogen-bond acceptors (Lipinski definition) is 8. The fourth-order valence-corrected chi connectivity index (χ4v) is 10.8. The minimum atomic E-state index is -1.52. The molecule has 5 aliphatic rings. The monoisotopic (exact) mass is 632 g/mol. The lowest BCUT2D eigenvalue weighted by Gasteiger charge is -2.66. The summed E-state index contributed by atoms with van der Waals surface area (Å²) in [7, 11) is 1.73. The predicted octanol–water partition coefficient (Wildman–Crippen LogP) is 4.96. The Morgan fingerprint density at radius 1 is 1.02 bits per heavy atom. The van der Waals surface area contributed by atoms with Gasteiger partial charge in [-0.1, -0.05) is 64.8 Å². The van der Waals surface area contributed by atoms with Crippen LogP contribution in [0.4, 0.5) is 0 Å². The van der Waals surface area contributed by atoms with E-state index < -0.39 is 48.8 Å². The average Bonchev–Trinajstić information content (AvgIpc) is 3.27. The minimum Gasteiger partial charge on any atom is -0.394 e. The number of rotatable bonds is 9. The molecule has 0 aromatic rings. The molecule has 13 atom stereocenters. The summed E-state index contributed by atoms with van der Waals surface area (Å²) < 4.78 is 18.3. The topological polar surface area (TPSA) is 126 Å². The lowest BCUT2D eigenvalue weighted by Crippen LogP contribution is -2.65. The van der Waals surface area contributed by atoms with Gasteiger partial charge in [0.05, 0.1) is 18.3 Å². The molecule has 0 aromatic heterocycles. The molecule has 8 nitrogen and oxygen atoms in total. The molecule has 1 saturated heterocycles. The van der Waals surface area contributed by atoms with E-state index in [4.69, 9.17) is 14.2 Å². The zero-order valence-electron chi connectivity index (χ0n) is 28.9. The van der Waals surface area contributed by atoms with Gasteiger partial charge in [-0.3, -0.25) is 0 Å². The van der Waals surface area contributed by atoms with Gasteiger partial charge in [0, 0.05) is 18.4 Å². The summed E-state index contributed by atoms with van der Waals surface area (Å²) in [6.07, 6.45) is 8.43. The van der Waals surface area contributed by atoms with E-state index in [1.54, 1.807) is 7.11 Å². The SMILES string of the molecule is COC(C)(C)C=CCC(C)C1CCC2(C)C3C(OC4OC(CO)C(O)C(O)C4O)C=C4C(CCCC4(C)C)C3(C=O)CCC12C. The highest BCUT2D eigenvalue weighted by molar-refractivity contribution is 5.65. The number of carbonyl (C=O) groups excluding carboxylic acids is 1. The smallest absolute Gasteiger partial charge is 0.187 e. The van der Waals surface area contributed by atoms with Crippen LogP contribution in [0.3, 0.4) is 0 Å². The number of aldehydes is 1. The van der Waals surface area contributed by atoms with Gasteiger partial charge < -0.3 is 39.4 Å². The molecule has 0 amide bonds. The van der Waals surface area contributed by atoms with E-state index in [1.807, 2.05) is 0 Å². The molecular weight excluding hydrogens is 572 g/mol. The Hall–Kier alpha value is -1.13. The fraction of sp³-hybridized carbons (Fsp3) is 0.865. The molecule has 4 aliphatic carbocycles. The average molecular weight is 633 g/mol. The number of fused-ring (bicyclic) bond motifs is 5. The Labute approximate surface area is 270 Å². The van der Waals surface area contributed by atoms with Gasteiger partial charge in [-0.25, -0.2) is 0 Å². The second kappa shape index (κ2) is 12.4. The van der Waals surface area contributed by atoms with Crippen LogP contribution >= 0.6 is 0 Å². The van der Waals surface area contributed by atoms with Crippen LogP contribution in [0.15, 0.2) is 23.8 Å². The maximum atomic E-state index is 13.7. The third-order valence-electron chi connectivity index (χ3n) is 13.8. The van der Waals surface area contributed by atoms with Crippen molar-refractivity contribution in [3.05, 3.63) is 23.8 Å². The molecule has 0 aromatic carbocycles. The van der Waals surface area contributed by atoms with Crippen LogP contribution in [0.25, 0.3) is 0 Å². The van der Waals surface area contributed by atoms with Gasteiger partial charge in [0.15, 0.2) is 6.29 Å². The summed E-state index contributed by atoms with van der Waals surface area (Å²) >= 11 is 0. The molecular formula is C37H60O8. The Morgan fingerprint density at radius 3 is 2.38 bits per heavy atom. The third-order valence-corrected chi connectivity index (χ3v) is 13.8. The van der Waals surface area contributed by atoms with Crippen molar-refractivity contribution in [1.29, 1.82) is 0 Å². The van der Waals surface area contributed by atoms with Crippen LogP contribution in [0.5, 0.6) is 0 Å². The molecule has 3 saturated carbocycles. The van der Waals surface area contributed by atoms with Crippen molar-refractivity contribution in [3.8, 4) is 0 Å². The summed E-state index contributed by atoms with van der Waals surface area (Å²) in [5.41, 5.74) is -0.0407. The van der Waals surface area contributed by atoms with E-state index >= 15 is 0 Å². The molecule has 8 heteroatoms. The van der Waals surface area contributed by atoms with Gasteiger partial charge in [0.25, 0.3) is 0 Å².